The van der Waals surface area contributed by atoms with Crippen molar-refractivity contribution >= 4 is 5.69 Å². The lowest BCUT2D eigenvalue weighted by molar-refractivity contribution is 0.310. The van der Waals surface area contributed by atoms with Gasteiger partial charge >= 0.3 is 0 Å². The van der Waals surface area contributed by atoms with Crippen molar-refractivity contribution in [1.29, 1.82) is 0 Å². The number of para-hydroxylation sites is 1. The molecule has 1 heterocycles. The van der Waals surface area contributed by atoms with E-state index in [4.69, 9.17) is 0 Å². The normalized spacial score (nSPS) is 22.4. The van der Waals surface area contributed by atoms with Crippen molar-refractivity contribution in [3.8, 4) is 0 Å². The third kappa shape index (κ3) is 2.56. The van der Waals surface area contributed by atoms with Gasteiger partial charge in [0.25, 0.3) is 0 Å². The first-order valence-electron chi connectivity index (χ1n) is 7.29. The second kappa shape index (κ2) is 5.68. The fraction of sp³-hybridized carbons (Fsp3) is 0.333. The molecule has 3 rings (SSSR count). The van der Waals surface area contributed by atoms with Crippen LogP contribution in [0.4, 0.5) is 5.69 Å². The van der Waals surface area contributed by atoms with E-state index >= 15 is 0 Å². The lowest BCUT2D eigenvalue weighted by Crippen LogP contribution is -2.31. The van der Waals surface area contributed by atoms with Crippen LogP contribution in [0.2, 0.25) is 0 Å². The predicted octanol–water partition coefficient (Wildman–Crippen LogP) is 3.57. The van der Waals surface area contributed by atoms with Crippen molar-refractivity contribution in [3.05, 3.63) is 66.2 Å². The summed E-state index contributed by atoms with van der Waals surface area (Å²) in [4.78, 5) is 4.89. The largest absolute Gasteiger partial charge is 0.363 e. The molecule has 2 heteroatoms. The summed E-state index contributed by atoms with van der Waals surface area (Å²) in [6, 6.07) is 22.7. The topological polar surface area (TPSA) is 6.48 Å². The number of anilines is 1. The fourth-order valence-electron chi connectivity index (χ4n) is 3.08. The first-order valence-corrected chi connectivity index (χ1v) is 7.29. The molecule has 0 spiro atoms. The summed E-state index contributed by atoms with van der Waals surface area (Å²) < 4.78 is 0. The summed E-state index contributed by atoms with van der Waals surface area (Å²) >= 11 is 0. The molecule has 1 saturated heterocycles. The highest BCUT2D eigenvalue weighted by molar-refractivity contribution is 5.50. The fourth-order valence-corrected chi connectivity index (χ4v) is 3.08. The van der Waals surface area contributed by atoms with E-state index in [1.807, 2.05) is 0 Å². The average Bonchev–Trinajstić information content (AvgIpc) is 2.94. The molecule has 0 radical (unpaired) electrons. The van der Waals surface area contributed by atoms with E-state index in [-0.39, 0.29) is 0 Å². The van der Waals surface area contributed by atoms with E-state index in [0.717, 1.165) is 6.54 Å². The minimum Gasteiger partial charge on any atom is -0.363 e. The highest BCUT2D eigenvalue weighted by atomic mass is 15.3. The van der Waals surface area contributed by atoms with Gasteiger partial charge in [0.15, 0.2) is 0 Å². The SMILES string of the molecule is CN(C)C1CC(c2ccccc2)N(c2ccccc2)C1. The number of hydrogen-bond acceptors (Lipinski definition) is 2. The van der Waals surface area contributed by atoms with Crippen LogP contribution in [0.25, 0.3) is 0 Å². The molecule has 2 atom stereocenters. The standard InChI is InChI=1S/C18H22N2/c1-19(2)17-13-18(15-9-5-3-6-10-15)20(14-17)16-11-7-4-8-12-16/h3-12,17-18H,13-14H2,1-2H3. The number of likely N-dealkylation sites (N-methyl/N-ethyl adjacent to an activating group) is 1. The third-order valence-electron chi connectivity index (χ3n) is 4.28. The monoisotopic (exact) mass is 266 g/mol. The number of hydrogen-bond donors (Lipinski definition) is 0. The van der Waals surface area contributed by atoms with Crippen LogP contribution in [0.5, 0.6) is 0 Å². The van der Waals surface area contributed by atoms with Crippen LogP contribution >= 0.6 is 0 Å². The maximum Gasteiger partial charge on any atom is 0.0558 e. The number of rotatable bonds is 3. The molecule has 0 aliphatic carbocycles. The van der Waals surface area contributed by atoms with Gasteiger partial charge in [0, 0.05) is 18.3 Å². The maximum absolute atomic E-state index is 2.54. The predicted molar refractivity (Wildman–Crippen MR) is 85.1 cm³/mol. The quantitative estimate of drug-likeness (QED) is 0.838. The molecular weight excluding hydrogens is 244 g/mol. The van der Waals surface area contributed by atoms with Crippen molar-refractivity contribution < 1.29 is 0 Å². The second-order valence-corrected chi connectivity index (χ2v) is 5.77. The van der Waals surface area contributed by atoms with Crippen LogP contribution in [0.15, 0.2) is 60.7 Å². The first-order chi connectivity index (χ1) is 9.75. The Morgan fingerprint density at radius 1 is 0.900 bits per heavy atom. The Bertz CT molecular complexity index is 488. The molecule has 2 unspecified atom stereocenters. The van der Waals surface area contributed by atoms with Crippen LogP contribution in [0.1, 0.15) is 18.0 Å². The minimum atomic E-state index is 0.478. The molecule has 1 fully saturated rings. The molecule has 2 aromatic rings. The molecule has 0 bridgehead atoms. The van der Waals surface area contributed by atoms with Gasteiger partial charge in [-0.2, -0.15) is 0 Å². The van der Waals surface area contributed by atoms with E-state index < -0.39 is 0 Å². The second-order valence-electron chi connectivity index (χ2n) is 5.77. The Labute approximate surface area is 121 Å². The molecule has 1 aliphatic rings. The Balaban J connectivity index is 1.93. The lowest BCUT2D eigenvalue weighted by Gasteiger charge is -2.27. The summed E-state index contributed by atoms with van der Waals surface area (Å²) in [6.45, 7) is 1.09. The molecule has 20 heavy (non-hydrogen) atoms. The van der Waals surface area contributed by atoms with Gasteiger partial charge in [-0.15, -0.1) is 0 Å². The molecule has 0 amide bonds. The molecule has 2 nitrogen and oxygen atoms in total. The van der Waals surface area contributed by atoms with Crippen molar-refractivity contribution in [2.24, 2.45) is 0 Å². The van der Waals surface area contributed by atoms with Crippen LogP contribution in [-0.2, 0) is 0 Å². The number of nitrogens with zero attached hydrogens (tertiary/aromatic N) is 2. The number of benzene rings is 2. The zero-order valence-corrected chi connectivity index (χ0v) is 12.2. The van der Waals surface area contributed by atoms with Gasteiger partial charge < -0.3 is 9.80 Å². The highest BCUT2D eigenvalue weighted by Gasteiger charge is 2.34. The molecule has 2 aromatic carbocycles. The van der Waals surface area contributed by atoms with Gasteiger partial charge in [0.1, 0.15) is 0 Å². The zero-order valence-electron chi connectivity index (χ0n) is 12.2. The average molecular weight is 266 g/mol. The summed E-state index contributed by atoms with van der Waals surface area (Å²) in [7, 11) is 4.36. The maximum atomic E-state index is 2.54. The molecular formula is C18H22N2. The van der Waals surface area contributed by atoms with Gasteiger partial charge in [-0.3, -0.25) is 0 Å². The summed E-state index contributed by atoms with van der Waals surface area (Å²) in [5, 5.41) is 0. The van der Waals surface area contributed by atoms with Crippen molar-refractivity contribution in [2.75, 3.05) is 25.5 Å². The van der Waals surface area contributed by atoms with Crippen molar-refractivity contribution in [3.63, 3.8) is 0 Å². The Kier molecular flexibility index (Phi) is 3.75. The Morgan fingerprint density at radius 2 is 1.50 bits per heavy atom. The van der Waals surface area contributed by atoms with E-state index in [0.29, 0.717) is 12.1 Å². The van der Waals surface area contributed by atoms with Crippen LogP contribution < -0.4 is 4.90 Å². The molecule has 104 valence electrons. The van der Waals surface area contributed by atoms with Gasteiger partial charge in [-0.1, -0.05) is 48.5 Å². The summed E-state index contributed by atoms with van der Waals surface area (Å²) in [5.74, 6) is 0. The van der Waals surface area contributed by atoms with Crippen molar-refractivity contribution in [2.45, 2.75) is 18.5 Å². The lowest BCUT2D eigenvalue weighted by atomic mass is 10.0. The van der Waals surface area contributed by atoms with Crippen LogP contribution in [-0.4, -0.2) is 31.6 Å². The van der Waals surface area contributed by atoms with E-state index in [2.05, 4.69) is 84.6 Å². The minimum absolute atomic E-state index is 0.478. The van der Waals surface area contributed by atoms with E-state index in [1.54, 1.807) is 0 Å². The molecule has 0 aromatic heterocycles. The van der Waals surface area contributed by atoms with Gasteiger partial charge in [-0.05, 0) is 38.2 Å². The Hall–Kier alpha value is -1.80. The van der Waals surface area contributed by atoms with Gasteiger partial charge in [0.2, 0.25) is 0 Å². The van der Waals surface area contributed by atoms with Crippen LogP contribution in [0, 0.1) is 0 Å². The zero-order chi connectivity index (χ0) is 13.9. The Morgan fingerprint density at radius 3 is 2.10 bits per heavy atom. The van der Waals surface area contributed by atoms with Crippen molar-refractivity contribution in [1.82, 2.24) is 4.90 Å². The van der Waals surface area contributed by atoms with E-state index in [9.17, 15) is 0 Å². The van der Waals surface area contributed by atoms with E-state index in [1.165, 1.54) is 17.7 Å². The molecule has 1 aliphatic heterocycles. The third-order valence-corrected chi connectivity index (χ3v) is 4.28. The van der Waals surface area contributed by atoms with Crippen LogP contribution in [0.3, 0.4) is 0 Å². The highest BCUT2D eigenvalue weighted by Crippen LogP contribution is 2.37. The molecule has 0 N–H and O–H groups in total. The van der Waals surface area contributed by atoms with Gasteiger partial charge in [-0.25, -0.2) is 0 Å². The smallest absolute Gasteiger partial charge is 0.0558 e. The van der Waals surface area contributed by atoms with Gasteiger partial charge in [0.05, 0.1) is 6.04 Å². The summed E-state index contributed by atoms with van der Waals surface area (Å²) in [5.41, 5.74) is 2.74. The molecule has 0 saturated carbocycles. The summed E-state index contributed by atoms with van der Waals surface area (Å²) in [6.07, 6.45) is 1.19. The first kappa shape index (κ1) is 13.2.